The molecule has 1 unspecified atom stereocenters. The molecule has 9 heteroatoms. The molecule has 0 saturated carbocycles. The molecule has 2 aromatic carbocycles. The maximum atomic E-state index is 12.9. The summed E-state index contributed by atoms with van der Waals surface area (Å²) in [5.41, 5.74) is 0.713. The Hall–Kier alpha value is -3.33. The first-order chi connectivity index (χ1) is 14.9. The van der Waals surface area contributed by atoms with Crippen LogP contribution in [0.2, 0.25) is 0 Å². The lowest BCUT2D eigenvalue weighted by molar-refractivity contribution is -0.124. The summed E-state index contributed by atoms with van der Waals surface area (Å²) >= 11 is 0. The third-order valence-electron chi connectivity index (χ3n) is 4.99. The van der Waals surface area contributed by atoms with E-state index in [1.807, 2.05) is 0 Å². The van der Waals surface area contributed by atoms with E-state index in [1.165, 1.54) is 31.4 Å². The topological polar surface area (TPSA) is 105 Å². The quantitative estimate of drug-likeness (QED) is 0.610. The fourth-order valence-electron chi connectivity index (χ4n) is 3.39. The Bertz CT molecular complexity index is 1050. The molecule has 1 fully saturated rings. The van der Waals surface area contributed by atoms with Gasteiger partial charge in [0, 0.05) is 24.3 Å². The number of anilines is 1. The monoisotopic (exact) mass is 443 g/mol. The van der Waals surface area contributed by atoms with E-state index in [2.05, 4.69) is 16.6 Å². The predicted molar refractivity (Wildman–Crippen MR) is 118 cm³/mol. The molecule has 2 amide bonds. The molecule has 1 heterocycles. The summed E-state index contributed by atoms with van der Waals surface area (Å²) in [4.78, 5) is 26.8. The van der Waals surface area contributed by atoms with Gasteiger partial charge >= 0.3 is 0 Å². The summed E-state index contributed by atoms with van der Waals surface area (Å²) in [6.07, 6.45) is 2.94. The Kier molecular flexibility index (Phi) is 6.96. The highest BCUT2D eigenvalue weighted by Crippen LogP contribution is 2.23. The van der Waals surface area contributed by atoms with Crippen molar-refractivity contribution in [3.05, 3.63) is 66.7 Å². The van der Waals surface area contributed by atoms with Crippen molar-refractivity contribution in [3.8, 4) is 5.75 Å². The van der Waals surface area contributed by atoms with Crippen molar-refractivity contribution in [2.24, 2.45) is 0 Å². The molecular formula is C22H25N3O5S. The van der Waals surface area contributed by atoms with Crippen molar-refractivity contribution in [2.75, 3.05) is 24.9 Å². The number of likely N-dealkylation sites (tertiary alicyclic amines) is 1. The zero-order valence-corrected chi connectivity index (χ0v) is 18.0. The number of sulfonamides is 1. The Balaban J connectivity index is 1.69. The summed E-state index contributed by atoms with van der Waals surface area (Å²) in [7, 11) is -2.28. The van der Waals surface area contributed by atoms with Crippen LogP contribution in [0, 0.1) is 0 Å². The lowest BCUT2D eigenvalue weighted by Crippen LogP contribution is -2.46. The number of ether oxygens (including phenoxy) is 1. The fraction of sp³-hybridized carbons (Fsp3) is 0.273. The summed E-state index contributed by atoms with van der Waals surface area (Å²) in [5, 5.41) is 2.73. The zero-order chi connectivity index (χ0) is 22.4. The van der Waals surface area contributed by atoms with Crippen LogP contribution < -0.4 is 14.8 Å². The number of nitrogens with one attached hydrogen (secondary N) is 2. The molecule has 8 nitrogen and oxygen atoms in total. The summed E-state index contributed by atoms with van der Waals surface area (Å²) < 4.78 is 32.6. The highest BCUT2D eigenvalue weighted by atomic mass is 32.2. The van der Waals surface area contributed by atoms with Crippen LogP contribution >= 0.6 is 0 Å². The van der Waals surface area contributed by atoms with E-state index in [0.29, 0.717) is 36.5 Å². The molecule has 31 heavy (non-hydrogen) atoms. The van der Waals surface area contributed by atoms with Crippen LogP contribution in [-0.4, -0.2) is 51.4 Å². The van der Waals surface area contributed by atoms with Crippen molar-refractivity contribution < 1.29 is 22.7 Å². The Morgan fingerprint density at radius 1 is 1.16 bits per heavy atom. The van der Waals surface area contributed by atoms with Crippen LogP contribution in [-0.2, 0) is 14.8 Å². The van der Waals surface area contributed by atoms with Gasteiger partial charge in [0.05, 0.1) is 12.0 Å². The van der Waals surface area contributed by atoms with E-state index in [9.17, 15) is 18.0 Å². The minimum absolute atomic E-state index is 0.0962. The number of benzene rings is 2. The highest BCUT2D eigenvalue weighted by molar-refractivity contribution is 7.92. The molecule has 3 rings (SSSR count). The van der Waals surface area contributed by atoms with Crippen LogP contribution in [0.15, 0.2) is 66.1 Å². The number of hydrogen-bond acceptors (Lipinski definition) is 5. The van der Waals surface area contributed by atoms with Crippen LogP contribution in [0.25, 0.3) is 0 Å². The van der Waals surface area contributed by atoms with Gasteiger partial charge in [0.25, 0.3) is 15.9 Å². The van der Waals surface area contributed by atoms with Crippen molar-refractivity contribution in [1.82, 2.24) is 10.2 Å². The summed E-state index contributed by atoms with van der Waals surface area (Å²) in [6, 6.07) is 11.7. The minimum atomic E-state index is -3.78. The average molecular weight is 444 g/mol. The van der Waals surface area contributed by atoms with E-state index >= 15 is 0 Å². The smallest absolute Gasteiger partial charge is 0.261 e. The maximum Gasteiger partial charge on any atom is 0.261 e. The first-order valence-corrected chi connectivity index (χ1v) is 11.3. The van der Waals surface area contributed by atoms with Crippen molar-refractivity contribution in [1.29, 1.82) is 0 Å². The number of hydrogen-bond donors (Lipinski definition) is 2. The van der Waals surface area contributed by atoms with Gasteiger partial charge in [-0.2, -0.15) is 0 Å². The zero-order valence-electron chi connectivity index (χ0n) is 17.2. The molecule has 2 aromatic rings. The first kappa shape index (κ1) is 22.4. The van der Waals surface area contributed by atoms with Crippen LogP contribution in [0.1, 0.15) is 23.2 Å². The number of nitrogens with zero attached hydrogens (tertiary/aromatic N) is 1. The van der Waals surface area contributed by atoms with Crippen LogP contribution in [0.5, 0.6) is 5.75 Å². The molecule has 0 spiro atoms. The molecule has 0 bridgehead atoms. The largest absolute Gasteiger partial charge is 0.497 e. The molecule has 0 aromatic heterocycles. The molecule has 1 saturated heterocycles. The van der Waals surface area contributed by atoms with Gasteiger partial charge in [-0.25, -0.2) is 8.42 Å². The van der Waals surface area contributed by atoms with Gasteiger partial charge in [-0.3, -0.25) is 14.3 Å². The van der Waals surface area contributed by atoms with Gasteiger partial charge in [-0.15, -0.1) is 6.58 Å². The van der Waals surface area contributed by atoms with Crippen molar-refractivity contribution in [3.63, 3.8) is 0 Å². The number of carbonyl (C=O) groups excluding carboxylic acids is 2. The van der Waals surface area contributed by atoms with Crippen molar-refractivity contribution in [2.45, 2.75) is 23.8 Å². The SMILES string of the molecule is C=CCNC(=O)C1CCCN1C(=O)c1ccc(NS(=O)(=O)c2ccc(OC)cc2)cc1. The predicted octanol–water partition coefficient (Wildman–Crippen LogP) is 2.40. The lowest BCUT2D eigenvalue weighted by atomic mass is 10.1. The molecule has 0 aliphatic carbocycles. The molecule has 2 N–H and O–H groups in total. The maximum absolute atomic E-state index is 12.9. The second-order valence-corrected chi connectivity index (χ2v) is 8.73. The van der Waals surface area contributed by atoms with E-state index in [0.717, 1.165) is 6.42 Å². The Morgan fingerprint density at radius 3 is 2.45 bits per heavy atom. The summed E-state index contributed by atoms with van der Waals surface area (Å²) in [6.45, 7) is 4.42. The Morgan fingerprint density at radius 2 is 1.84 bits per heavy atom. The van der Waals surface area contributed by atoms with Gasteiger partial charge in [0.1, 0.15) is 11.8 Å². The third-order valence-corrected chi connectivity index (χ3v) is 6.39. The first-order valence-electron chi connectivity index (χ1n) is 9.82. The van der Waals surface area contributed by atoms with E-state index in [4.69, 9.17) is 4.74 Å². The number of rotatable bonds is 8. The molecule has 0 radical (unpaired) electrons. The lowest BCUT2D eigenvalue weighted by Gasteiger charge is -2.24. The van der Waals surface area contributed by atoms with Gasteiger partial charge in [-0.05, 0) is 61.4 Å². The third kappa shape index (κ3) is 5.24. The fourth-order valence-corrected chi connectivity index (χ4v) is 4.45. The highest BCUT2D eigenvalue weighted by Gasteiger charge is 2.34. The molecule has 164 valence electrons. The molecule has 1 atom stereocenters. The van der Waals surface area contributed by atoms with Gasteiger partial charge < -0.3 is 15.0 Å². The van der Waals surface area contributed by atoms with E-state index in [-0.39, 0.29) is 16.7 Å². The van der Waals surface area contributed by atoms with Gasteiger partial charge in [0.2, 0.25) is 5.91 Å². The average Bonchev–Trinajstić information content (AvgIpc) is 3.27. The number of methoxy groups -OCH3 is 1. The van der Waals surface area contributed by atoms with E-state index in [1.54, 1.807) is 35.2 Å². The van der Waals surface area contributed by atoms with Gasteiger partial charge in [0.15, 0.2) is 0 Å². The number of amides is 2. The molecular weight excluding hydrogens is 418 g/mol. The Labute approximate surface area is 181 Å². The number of carbonyl (C=O) groups is 2. The van der Waals surface area contributed by atoms with Gasteiger partial charge in [-0.1, -0.05) is 6.08 Å². The normalized spacial score (nSPS) is 15.9. The second-order valence-electron chi connectivity index (χ2n) is 7.05. The second kappa shape index (κ2) is 9.65. The van der Waals surface area contributed by atoms with E-state index < -0.39 is 16.1 Å². The standard InChI is InChI=1S/C22H25N3O5S/c1-3-14-23-21(26)20-5-4-15-25(20)22(27)16-6-8-17(9-7-16)24-31(28,29)19-12-10-18(30-2)11-13-19/h3,6-13,20,24H,1,4-5,14-15H2,2H3,(H,23,26). The minimum Gasteiger partial charge on any atom is -0.497 e. The van der Waals surface area contributed by atoms with Crippen LogP contribution in [0.3, 0.4) is 0 Å². The molecule has 1 aliphatic rings. The summed E-state index contributed by atoms with van der Waals surface area (Å²) in [5.74, 6) is 0.0932. The van der Waals surface area contributed by atoms with Crippen molar-refractivity contribution >= 4 is 27.5 Å². The molecule has 1 aliphatic heterocycles. The van der Waals surface area contributed by atoms with Crippen LogP contribution in [0.4, 0.5) is 5.69 Å².